The number of amides is 2. The van der Waals surface area contributed by atoms with Gasteiger partial charge in [-0.3, -0.25) is 9.59 Å². The van der Waals surface area contributed by atoms with E-state index in [2.05, 4.69) is 20.3 Å². The highest BCUT2D eigenvalue weighted by atomic mass is 16.2. The summed E-state index contributed by atoms with van der Waals surface area (Å²) in [6.07, 6.45) is 10.1. The van der Waals surface area contributed by atoms with Gasteiger partial charge in [-0.1, -0.05) is 0 Å². The van der Waals surface area contributed by atoms with Gasteiger partial charge in [0.1, 0.15) is 0 Å². The van der Waals surface area contributed by atoms with E-state index in [1.165, 1.54) is 6.20 Å². The third-order valence-electron chi connectivity index (χ3n) is 4.44. The molecule has 128 valence electrons. The molecule has 1 atom stereocenters. The SMILES string of the molecule is O=C(NC1CCCN(C(=O)c2cccn3cncc23)C1)c1ncc[nH]1. The fourth-order valence-electron chi connectivity index (χ4n) is 3.22. The number of H-pyrrole nitrogens is 1. The van der Waals surface area contributed by atoms with Crippen LogP contribution in [0.3, 0.4) is 0 Å². The number of imidazole rings is 2. The topological polar surface area (TPSA) is 95.4 Å². The second-order valence-electron chi connectivity index (χ2n) is 6.11. The smallest absolute Gasteiger partial charge is 0.287 e. The van der Waals surface area contributed by atoms with Crippen molar-refractivity contribution in [3.63, 3.8) is 0 Å². The van der Waals surface area contributed by atoms with Crippen LogP contribution in [-0.4, -0.2) is 55.2 Å². The molecule has 4 heterocycles. The number of hydrogen-bond donors (Lipinski definition) is 2. The zero-order chi connectivity index (χ0) is 17.2. The first-order chi connectivity index (χ1) is 12.2. The third kappa shape index (κ3) is 2.98. The Morgan fingerprint density at radius 1 is 1.36 bits per heavy atom. The zero-order valence-corrected chi connectivity index (χ0v) is 13.6. The number of carbonyl (C=O) groups excluding carboxylic acids is 2. The standard InChI is InChI=1S/C17H18N6O2/c24-16(15-19-5-6-20-15)21-12-3-1-7-22(10-12)17(25)13-4-2-8-23-11-18-9-14(13)23/h2,4-6,8-9,11-12H,1,3,7,10H2,(H,19,20)(H,21,24). The Labute approximate surface area is 143 Å². The Kier molecular flexibility index (Phi) is 3.93. The van der Waals surface area contributed by atoms with Crippen LogP contribution in [0.15, 0.2) is 43.2 Å². The molecule has 8 heteroatoms. The van der Waals surface area contributed by atoms with Gasteiger partial charge in [-0.15, -0.1) is 0 Å². The van der Waals surface area contributed by atoms with Crippen LogP contribution in [0.25, 0.3) is 5.52 Å². The summed E-state index contributed by atoms with van der Waals surface area (Å²) in [5.74, 6) is -0.00211. The van der Waals surface area contributed by atoms with Crippen molar-refractivity contribution in [2.45, 2.75) is 18.9 Å². The molecule has 0 aromatic carbocycles. The molecule has 0 aliphatic carbocycles. The van der Waals surface area contributed by atoms with E-state index in [1.807, 2.05) is 22.7 Å². The average molecular weight is 338 g/mol. The van der Waals surface area contributed by atoms with Crippen LogP contribution in [0.1, 0.15) is 33.8 Å². The van der Waals surface area contributed by atoms with E-state index in [-0.39, 0.29) is 23.7 Å². The van der Waals surface area contributed by atoms with Crippen molar-refractivity contribution < 1.29 is 9.59 Å². The monoisotopic (exact) mass is 338 g/mol. The first-order valence-electron chi connectivity index (χ1n) is 8.22. The number of aromatic amines is 1. The third-order valence-corrected chi connectivity index (χ3v) is 4.44. The number of nitrogens with one attached hydrogen (secondary N) is 2. The van der Waals surface area contributed by atoms with Crippen molar-refractivity contribution in [2.75, 3.05) is 13.1 Å². The van der Waals surface area contributed by atoms with Crippen LogP contribution < -0.4 is 5.32 Å². The molecule has 0 bridgehead atoms. The molecule has 1 aliphatic heterocycles. The highest BCUT2D eigenvalue weighted by Gasteiger charge is 2.27. The number of aromatic nitrogens is 4. The summed E-state index contributed by atoms with van der Waals surface area (Å²) < 4.78 is 1.83. The fourth-order valence-corrected chi connectivity index (χ4v) is 3.22. The molecule has 2 N–H and O–H groups in total. The number of piperidine rings is 1. The lowest BCUT2D eigenvalue weighted by Crippen LogP contribution is -2.49. The summed E-state index contributed by atoms with van der Waals surface area (Å²) in [4.78, 5) is 37.7. The number of likely N-dealkylation sites (tertiary alicyclic amines) is 1. The largest absolute Gasteiger partial charge is 0.345 e. The maximum absolute atomic E-state index is 12.9. The van der Waals surface area contributed by atoms with Crippen LogP contribution in [0.2, 0.25) is 0 Å². The van der Waals surface area contributed by atoms with Crippen LogP contribution >= 0.6 is 0 Å². The van der Waals surface area contributed by atoms with Gasteiger partial charge >= 0.3 is 0 Å². The Morgan fingerprint density at radius 2 is 2.28 bits per heavy atom. The Morgan fingerprint density at radius 3 is 3.12 bits per heavy atom. The van der Waals surface area contributed by atoms with Gasteiger partial charge in [-0.25, -0.2) is 9.97 Å². The molecule has 1 unspecified atom stereocenters. The first-order valence-corrected chi connectivity index (χ1v) is 8.22. The molecule has 0 radical (unpaired) electrons. The van der Waals surface area contributed by atoms with Gasteiger partial charge < -0.3 is 19.6 Å². The highest BCUT2D eigenvalue weighted by Crippen LogP contribution is 2.17. The Balaban J connectivity index is 1.48. The van der Waals surface area contributed by atoms with E-state index < -0.39 is 0 Å². The van der Waals surface area contributed by atoms with Crippen LogP contribution in [0.4, 0.5) is 0 Å². The molecule has 3 aromatic heterocycles. The lowest BCUT2D eigenvalue weighted by molar-refractivity contribution is 0.0676. The minimum atomic E-state index is -0.248. The Hall–Kier alpha value is -3.16. The van der Waals surface area contributed by atoms with E-state index in [9.17, 15) is 9.59 Å². The molecule has 3 aromatic rings. The molecule has 0 saturated carbocycles. The summed E-state index contributed by atoms with van der Waals surface area (Å²) in [7, 11) is 0. The molecule has 2 amide bonds. The van der Waals surface area contributed by atoms with Crippen molar-refractivity contribution in [3.05, 3.63) is 54.6 Å². The van der Waals surface area contributed by atoms with E-state index >= 15 is 0 Å². The molecular weight excluding hydrogens is 320 g/mol. The predicted molar refractivity (Wildman–Crippen MR) is 90.2 cm³/mol. The number of nitrogens with zero attached hydrogens (tertiary/aromatic N) is 4. The van der Waals surface area contributed by atoms with Gasteiger partial charge in [-0.2, -0.15) is 0 Å². The van der Waals surface area contributed by atoms with Gasteiger partial charge in [0, 0.05) is 37.7 Å². The molecule has 8 nitrogen and oxygen atoms in total. The minimum Gasteiger partial charge on any atom is -0.345 e. The Bertz CT molecular complexity index is 901. The van der Waals surface area contributed by atoms with E-state index in [1.54, 1.807) is 23.6 Å². The maximum Gasteiger partial charge on any atom is 0.287 e. The van der Waals surface area contributed by atoms with Crippen molar-refractivity contribution in [2.24, 2.45) is 0 Å². The molecule has 1 saturated heterocycles. The van der Waals surface area contributed by atoms with Crippen molar-refractivity contribution >= 4 is 17.3 Å². The summed E-state index contributed by atoms with van der Waals surface area (Å²) in [6, 6.07) is 3.56. The molecule has 1 aliphatic rings. The second-order valence-corrected chi connectivity index (χ2v) is 6.11. The number of hydrogen-bond acceptors (Lipinski definition) is 4. The van der Waals surface area contributed by atoms with Crippen molar-refractivity contribution in [1.82, 2.24) is 29.6 Å². The second kappa shape index (κ2) is 6.39. The van der Waals surface area contributed by atoms with E-state index in [4.69, 9.17) is 0 Å². The summed E-state index contributed by atoms with van der Waals surface area (Å²) in [6.45, 7) is 1.17. The normalized spacial score (nSPS) is 17.6. The predicted octanol–water partition coefficient (Wildman–Crippen LogP) is 1.09. The van der Waals surface area contributed by atoms with Gasteiger partial charge in [0.2, 0.25) is 0 Å². The molecule has 25 heavy (non-hydrogen) atoms. The quantitative estimate of drug-likeness (QED) is 0.747. The van der Waals surface area contributed by atoms with E-state index in [0.29, 0.717) is 18.7 Å². The summed E-state index contributed by atoms with van der Waals surface area (Å²) >= 11 is 0. The van der Waals surface area contributed by atoms with Gasteiger partial charge in [0.05, 0.1) is 23.6 Å². The van der Waals surface area contributed by atoms with Gasteiger partial charge in [-0.05, 0) is 25.0 Å². The van der Waals surface area contributed by atoms with Gasteiger partial charge in [0.15, 0.2) is 5.82 Å². The number of rotatable bonds is 3. The zero-order valence-electron chi connectivity index (χ0n) is 13.6. The minimum absolute atomic E-state index is 0.0388. The summed E-state index contributed by atoms with van der Waals surface area (Å²) in [5, 5.41) is 2.95. The lowest BCUT2D eigenvalue weighted by atomic mass is 10.0. The molecule has 0 spiro atoms. The molecule has 1 fully saturated rings. The number of pyridine rings is 1. The van der Waals surface area contributed by atoms with Crippen LogP contribution in [-0.2, 0) is 0 Å². The van der Waals surface area contributed by atoms with Crippen molar-refractivity contribution in [3.8, 4) is 0 Å². The highest BCUT2D eigenvalue weighted by molar-refractivity contribution is 6.00. The lowest BCUT2D eigenvalue weighted by Gasteiger charge is -2.33. The van der Waals surface area contributed by atoms with Crippen LogP contribution in [0, 0.1) is 0 Å². The molecule has 4 rings (SSSR count). The number of carbonyl (C=O) groups is 2. The van der Waals surface area contributed by atoms with E-state index in [0.717, 1.165) is 18.4 Å². The average Bonchev–Trinajstić information content (AvgIpc) is 3.32. The first kappa shape index (κ1) is 15.4. The number of fused-ring (bicyclic) bond motifs is 1. The van der Waals surface area contributed by atoms with Gasteiger partial charge in [0.25, 0.3) is 11.8 Å². The van der Waals surface area contributed by atoms with Crippen molar-refractivity contribution in [1.29, 1.82) is 0 Å². The maximum atomic E-state index is 12.9. The summed E-state index contributed by atoms with van der Waals surface area (Å²) in [5.41, 5.74) is 1.41. The van der Waals surface area contributed by atoms with Crippen LogP contribution in [0.5, 0.6) is 0 Å². The fraction of sp³-hybridized carbons (Fsp3) is 0.294. The molecular formula is C17H18N6O2.